The number of aliphatic hydroxyl groups is 1. The highest BCUT2D eigenvalue weighted by atomic mass is 16.5. The summed E-state index contributed by atoms with van der Waals surface area (Å²) in [5.74, 6) is 1.01. The van der Waals surface area contributed by atoms with Crippen LogP contribution in [0.4, 0.5) is 0 Å². The Kier molecular flexibility index (Phi) is 3.31. The molecule has 0 atom stereocenters. The van der Waals surface area contributed by atoms with Crippen LogP contribution >= 0.6 is 0 Å². The van der Waals surface area contributed by atoms with Gasteiger partial charge in [0.1, 0.15) is 12.4 Å². The summed E-state index contributed by atoms with van der Waals surface area (Å²) in [6.07, 6.45) is 6.36. The topological polar surface area (TPSA) is 46.5 Å². The largest absolute Gasteiger partial charge is 0.491 e. The first-order chi connectivity index (χ1) is 9.16. The van der Waals surface area contributed by atoms with E-state index >= 15 is 0 Å². The SMILES string of the molecule is O=C1CCCc2cc(OCC3(O)CCCC3)ccc21. The van der Waals surface area contributed by atoms with Crippen molar-refractivity contribution in [3.05, 3.63) is 29.3 Å². The molecule has 1 fully saturated rings. The number of carbonyl (C=O) groups excluding carboxylic acids is 1. The second kappa shape index (κ2) is 4.97. The first-order valence-electron chi connectivity index (χ1n) is 7.18. The smallest absolute Gasteiger partial charge is 0.163 e. The number of fused-ring (bicyclic) bond motifs is 1. The Balaban J connectivity index is 1.70. The van der Waals surface area contributed by atoms with Gasteiger partial charge in [-0.3, -0.25) is 4.79 Å². The molecule has 0 saturated heterocycles. The van der Waals surface area contributed by atoms with Crippen molar-refractivity contribution in [1.29, 1.82) is 0 Å². The molecule has 1 aromatic carbocycles. The molecule has 0 radical (unpaired) electrons. The Hall–Kier alpha value is -1.35. The summed E-state index contributed by atoms with van der Waals surface area (Å²) >= 11 is 0. The van der Waals surface area contributed by atoms with Gasteiger partial charge in [0.05, 0.1) is 5.60 Å². The predicted molar refractivity (Wildman–Crippen MR) is 72.6 cm³/mol. The second-order valence-electron chi connectivity index (χ2n) is 5.82. The number of rotatable bonds is 3. The van der Waals surface area contributed by atoms with Crippen LogP contribution in [0.3, 0.4) is 0 Å². The molecule has 3 heteroatoms. The molecular formula is C16H20O3. The molecule has 0 bridgehead atoms. The summed E-state index contributed by atoms with van der Waals surface area (Å²) in [7, 11) is 0. The van der Waals surface area contributed by atoms with Gasteiger partial charge >= 0.3 is 0 Å². The number of ether oxygens (including phenoxy) is 1. The first kappa shape index (κ1) is 12.7. The molecule has 1 saturated carbocycles. The molecule has 3 rings (SSSR count). The van der Waals surface area contributed by atoms with E-state index in [9.17, 15) is 9.90 Å². The van der Waals surface area contributed by atoms with E-state index < -0.39 is 5.60 Å². The summed E-state index contributed by atoms with van der Waals surface area (Å²) in [4.78, 5) is 11.7. The molecule has 102 valence electrons. The molecule has 0 spiro atoms. The quantitative estimate of drug-likeness (QED) is 0.909. The summed E-state index contributed by atoms with van der Waals surface area (Å²) in [6, 6.07) is 5.68. The highest BCUT2D eigenvalue weighted by molar-refractivity contribution is 5.98. The number of Topliss-reactive ketones (excluding diaryl/α,β-unsaturated/α-hetero) is 1. The maximum atomic E-state index is 11.7. The van der Waals surface area contributed by atoms with E-state index in [2.05, 4.69) is 0 Å². The van der Waals surface area contributed by atoms with Gasteiger partial charge in [-0.25, -0.2) is 0 Å². The highest BCUT2D eigenvalue weighted by Crippen LogP contribution is 2.31. The zero-order valence-corrected chi connectivity index (χ0v) is 11.2. The Bertz CT molecular complexity index is 487. The molecule has 0 amide bonds. The Morgan fingerprint density at radius 2 is 1.95 bits per heavy atom. The number of ketones is 1. The van der Waals surface area contributed by atoms with E-state index in [0.29, 0.717) is 13.0 Å². The van der Waals surface area contributed by atoms with Gasteiger partial charge < -0.3 is 9.84 Å². The molecule has 1 aromatic rings. The van der Waals surface area contributed by atoms with Crippen LogP contribution in [0.5, 0.6) is 5.75 Å². The van der Waals surface area contributed by atoms with Gasteiger partial charge in [0.15, 0.2) is 5.78 Å². The lowest BCUT2D eigenvalue weighted by Gasteiger charge is -2.23. The standard InChI is InChI=1S/C16H20O3/c17-15-5-3-4-12-10-13(6-7-14(12)15)19-11-16(18)8-1-2-9-16/h6-7,10,18H,1-5,8-9,11H2. The normalized spacial score (nSPS) is 21.2. The van der Waals surface area contributed by atoms with Crippen LogP contribution in [0.25, 0.3) is 0 Å². The summed E-state index contributed by atoms with van der Waals surface area (Å²) < 4.78 is 5.73. The van der Waals surface area contributed by atoms with Crippen molar-refractivity contribution >= 4 is 5.78 Å². The molecule has 3 nitrogen and oxygen atoms in total. The van der Waals surface area contributed by atoms with Gasteiger partial charge in [0.25, 0.3) is 0 Å². The second-order valence-corrected chi connectivity index (χ2v) is 5.82. The Morgan fingerprint density at radius 3 is 2.74 bits per heavy atom. The van der Waals surface area contributed by atoms with Crippen molar-refractivity contribution in [2.75, 3.05) is 6.61 Å². The lowest BCUT2D eigenvalue weighted by molar-refractivity contribution is 0.00137. The zero-order valence-electron chi connectivity index (χ0n) is 11.2. The van der Waals surface area contributed by atoms with Crippen LogP contribution in [0.2, 0.25) is 0 Å². The van der Waals surface area contributed by atoms with E-state index in [1.165, 1.54) is 0 Å². The molecule has 19 heavy (non-hydrogen) atoms. The summed E-state index contributed by atoms with van der Waals surface area (Å²) in [6.45, 7) is 0.361. The fourth-order valence-electron chi connectivity index (χ4n) is 3.11. The maximum Gasteiger partial charge on any atom is 0.163 e. The molecule has 2 aliphatic carbocycles. The molecule has 0 unspecified atom stereocenters. The third-order valence-corrected chi connectivity index (χ3v) is 4.27. The molecule has 0 heterocycles. The Morgan fingerprint density at radius 1 is 1.16 bits per heavy atom. The van der Waals surface area contributed by atoms with Crippen molar-refractivity contribution < 1.29 is 14.6 Å². The lowest BCUT2D eigenvalue weighted by Crippen LogP contribution is -2.32. The van der Waals surface area contributed by atoms with Crippen molar-refractivity contribution in [3.63, 3.8) is 0 Å². The average Bonchev–Trinajstić information content (AvgIpc) is 2.84. The van der Waals surface area contributed by atoms with Crippen molar-refractivity contribution in [1.82, 2.24) is 0 Å². The predicted octanol–water partition coefficient (Wildman–Crippen LogP) is 2.89. The summed E-state index contributed by atoms with van der Waals surface area (Å²) in [5, 5.41) is 10.3. The fourth-order valence-corrected chi connectivity index (χ4v) is 3.11. The average molecular weight is 260 g/mol. The molecular weight excluding hydrogens is 240 g/mol. The lowest BCUT2D eigenvalue weighted by atomic mass is 9.90. The molecule has 0 aromatic heterocycles. The number of hydrogen-bond donors (Lipinski definition) is 1. The van der Waals surface area contributed by atoms with Crippen LogP contribution < -0.4 is 4.74 Å². The van der Waals surface area contributed by atoms with Gasteiger partial charge in [-0.2, -0.15) is 0 Å². The number of carbonyl (C=O) groups is 1. The zero-order chi connectivity index (χ0) is 13.3. The molecule has 2 aliphatic rings. The number of hydrogen-bond acceptors (Lipinski definition) is 3. The number of benzene rings is 1. The van der Waals surface area contributed by atoms with Gasteiger partial charge in [-0.05, 0) is 49.4 Å². The molecule has 0 aliphatic heterocycles. The first-order valence-corrected chi connectivity index (χ1v) is 7.18. The monoisotopic (exact) mass is 260 g/mol. The van der Waals surface area contributed by atoms with Crippen LogP contribution in [-0.4, -0.2) is 23.1 Å². The number of aryl methyl sites for hydroxylation is 1. The van der Waals surface area contributed by atoms with E-state index in [1.807, 2.05) is 18.2 Å². The van der Waals surface area contributed by atoms with Gasteiger partial charge in [-0.15, -0.1) is 0 Å². The van der Waals surface area contributed by atoms with Crippen molar-refractivity contribution in [2.24, 2.45) is 0 Å². The van der Waals surface area contributed by atoms with E-state index in [-0.39, 0.29) is 5.78 Å². The van der Waals surface area contributed by atoms with Crippen molar-refractivity contribution in [2.45, 2.75) is 50.5 Å². The van der Waals surface area contributed by atoms with Gasteiger partial charge in [0, 0.05) is 12.0 Å². The van der Waals surface area contributed by atoms with Crippen LogP contribution in [0.15, 0.2) is 18.2 Å². The Labute approximate surface area is 113 Å². The minimum Gasteiger partial charge on any atom is -0.491 e. The molecule has 1 N–H and O–H groups in total. The minimum atomic E-state index is -0.647. The third kappa shape index (κ3) is 2.66. The van der Waals surface area contributed by atoms with E-state index in [4.69, 9.17) is 4.74 Å². The van der Waals surface area contributed by atoms with Crippen LogP contribution in [-0.2, 0) is 6.42 Å². The van der Waals surface area contributed by atoms with Crippen LogP contribution in [0.1, 0.15) is 54.4 Å². The summed E-state index contributed by atoms with van der Waals surface area (Å²) in [5.41, 5.74) is 1.29. The minimum absolute atomic E-state index is 0.238. The van der Waals surface area contributed by atoms with E-state index in [0.717, 1.165) is 55.4 Å². The highest BCUT2D eigenvalue weighted by Gasteiger charge is 2.32. The van der Waals surface area contributed by atoms with Gasteiger partial charge in [-0.1, -0.05) is 12.8 Å². The fraction of sp³-hybridized carbons (Fsp3) is 0.562. The van der Waals surface area contributed by atoms with Crippen LogP contribution in [0, 0.1) is 0 Å². The maximum absolute atomic E-state index is 11.7. The third-order valence-electron chi connectivity index (χ3n) is 4.27. The van der Waals surface area contributed by atoms with E-state index in [1.54, 1.807) is 0 Å². The van der Waals surface area contributed by atoms with Crippen molar-refractivity contribution in [3.8, 4) is 5.75 Å². The van der Waals surface area contributed by atoms with Gasteiger partial charge in [0.2, 0.25) is 0 Å².